The first-order valence-electron chi connectivity index (χ1n) is 7.96. The summed E-state index contributed by atoms with van der Waals surface area (Å²) in [4.78, 5) is 13.6. The Bertz CT molecular complexity index is 438. The van der Waals surface area contributed by atoms with E-state index in [4.69, 9.17) is 9.47 Å². The lowest BCUT2D eigenvalue weighted by atomic mass is 10.1. The van der Waals surface area contributed by atoms with Crippen molar-refractivity contribution in [3.63, 3.8) is 0 Å². The third-order valence-corrected chi connectivity index (χ3v) is 3.85. The molecule has 21 heavy (non-hydrogen) atoms. The van der Waals surface area contributed by atoms with Gasteiger partial charge in [-0.2, -0.15) is 0 Å². The summed E-state index contributed by atoms with van der Waals surface area (Å²) < 4.78 is 10.9. The molecule has 1 saturated heterocycles. The van der Waals surface area contributed by atoms with Gasteiger partial charge < -0.3 is 14.4 Å². The van der Waals surface area contributed by atoms with Crippen LogP contribution in [-0.2, 0) is 4.74 Å². The van der Waals surface area contributed by atoms with Crippen molar-refractivity contribution >= 4 is 5.97 Å². The zero-order chi connectivity index (χ0) is 15.1. The fraction of sp³-hybridized carbons (Fsp3) is 0.588. The van der Waals surface area contributed by atoms with Crippen LogP contribution in [0, 0.1) is 0 Å². The number of nitrogens with one attached hydrogen (secondary N) is 1. The molecule has 0 aromatic heterocycles. The van der Waals surface area contributed by atoms with E-state index < -0.39 is 0 Å². The van der Waals surface area contributed by atoms with Gasteiger partial charge in [0.2, 0.25) is 0 Å². The number of esters is 1. The van der Waals surface area contributed by atoms with Crippen molar-refractivity contribution in [2.24, 2.45) is 0 Å². The number of rotatable bonds is 6. The zero-order valence-corrected chi connectivity index (χ0v) is 13.1. The number of benzene rings is 1. The number of carbonyl (C=O) groups is 1. The Balaban J connectivity index is 1.82. The standard InChI is InChI=1S/C17H25NO3/c1-3-20-16-9-7-15(8-10-16)17(19)21-14(2)13-18-11-5-4-6-12-18/h7-10,14H,3-6,11-13H2,1-2H3/p+1/t14-/m0/s1. The van der Waals surface area contributed by atoms with Gasteiger partial charge in [0.15, 0.2) is 0 Å². The van der Waals surface area contributed by atoms with Gasteiger partial charge in [-0.05, 0) is 57.4 Å². The van der Waals surface area contributed by atoms with E-state index in [1.165, 1.54) is 32.4 Å². The highest BCUT2D eigenvalue weighted by atomic mass is 16.5. The lowest BCUT2D eigenvalue weighted by Crippen LogP contribution is -3.13. The van der Waals surface area contributed by atoms with E-state index in [0.717, 1.165) is 12.3 Å². The maximum Gasteiger partial charge on any atom is 0.338 e. The lowest BCUT2D eigenvalue weighted by molar-refractivity contribution is -0.907. The Kier molecular flexibility index (Phi) is 6.05. The highest BCUT2D eigenvalue weighted by Gasteiger charge is 2.19. The number of likely N-dealkylation sites (tertiary alicyclic amines) is 1. The molecule has 0 spiro atoms. The highest BCUT2D eigenvalue weighted by molar-refractivity contribution is 5.89. The van der Waals surface area contributed by atoms with Gasteiger partial charge in [0.05, 0.1) is 25.3 Å². The molecule has 1 aliphatic heterocycles. The Morgan fingerprint density at radius 2 is 1.86 bits per heavy atom. The molecule has 1 heterocycles. The Hall–Kier alpha value is -1.55. The van der Waals surface area contributed by atoms with Crippen LogP contribution in [0.4, 0.5) is 0 Å². The molecule has 0 radical (unpaired) electrons. The van der Waals surface area contributed by atoms with Crippen molar-refractivity contribution in [1.82, 2.24) is 0 Å². The Labute approximate surface area is 127 Å². The molecule has 1 atom stereocenters. The summed E-state index contributed by atoms with van der Waals surface area (Å²) in [5.74, 6) is 0.529. The molecule has 0 saturated carbocycles. The van der Waals surface area contributed by atoms with Gasteiger partial charge in [-0.1, -0.05) is 0 Å². The van der Waals surface area contributed by atoms with Crippen molar-refractivity contribution in [2.45, 2.75) is 39.2 Å². The van der Waals surface area contributed by atoms with E-state index in [-0.39, 0.29) is 12.1 Å². The molecule has 1 fully saturated rings. The molecule has 0 unspecified atom stereocenters. The minimum absolute atomic E-state index is 0.0443. The summed E-state index contributed by atoms with van der Waals surface area (Å²) >= 11 is 0. The molecule has 4 nitrogen and oxygen atoms in total. The van der Waals surface area contributed by atoms with E-state index >= 15 is 0 Å². The molecule has 1 aromatic carbocycles. The summed E-state index contributed by atoms with van der Waals surface area (Å²) in [7, 11) is 0. The molecule has 1 aliphatic rings. The van der Waals surface area contributed by atoms with E-state index in [9.17, 15) is 4.79 Å². The summed E-state index contributed by atoms with van der Waals surface area (Å²) in [6.45, 7) is 7.85. The normalized spacial score (nSPS) is 17.2. The fourth-order valence-corrected chi connectivity index (χ4v) is 2.81. The van der Waals surface area contributed by atoms with Crippen LogP contribution in [0.1, 0.15) is 43.5 Å². The first kappa shape index (κ1) is 15.8. The van der Waals surface area contributed by atoms with Crippen molar-refractivity contribution in [1.29, 1.82) is 0 Å². The van der Waals surface area contributed by atoms with Crippen molar-refractivity contribution < 1.29 is 19.2 Å². The molecule has 116 valence electrons. The predicted octanol–water partition coefficient (Wildman–Crippen LogP) is 1.70. The molecule has 1 N–H and O–H groups in total. The molecule has 0 amide bonds. The number of hydrogen-bond acceptors (Lipinski definition) is 3. The van der Waals surface area contributed by atoms with Crippen molar-refractivity contribution in [3.05, 3.63) is 29.8 Å². The molecular weight excluding hydrogens is 266 g/mol. The van der Waals surface area contributed by atoms with Crippen LogP contribution in [0.2, 0.25) is 0 Å². The van der Waals surface area contributed by atoms with Gasteiger partial charge in [0, 0.05) is 0 Å². The number of piperidine rings is 1. The Morgan fingerprint density at radius 3 is 2.48 bits per heavy atom. The van der Waals surface area contributed by atoms with Crippen LogP contribution >= 0.6 is 0 Å². The van der Waals surface area contributed by atoms with Crippen LogP contribution in [0.5, 0.6) is 5.75 Å². The fourth-order valence-electron chi connectivity index (χ4n) is 2.81. The van der Waals surface area contributed by atoms with Crippen molar-refractivity contribution in [3.8, 4) is 5.75 Å². The smallest absolute Gasteiger partial charge is 0.338 e. The number of ether oxygens (including phenoxy) is 2. The SMILES string of the molecule is CCOc1ccc(C(=O)O[C@@H](C)C[NH+]2CCCCC2)cc1. The van der Waals surface area contributed by atoms with Gasteiger partial charge in [0.25, 0.3) is 0 Å². The first-order chi connectivity index (χ1) is 10.2. The summed E-state index contributed by atoms with van der Waals surface area (Å²) in [5, 5.41) is 0. The number of hydrogen-bond donors (Lipinski definition) is 1. The molecule has 0 aliphatic carbocycles. The van der Waals surface area contributed by atoms with Gasteiger partial charge in [-0.25, -0.2) is 4.79 Å². The minimum Gasteiger partial charge on any atom is -0.494 e. The van der Waals surface area contributed by atoms with Crippen LogP contribution in [0.25, 0.3) is 0 Å². The quantitative estimate of drug-likeness (QED) is 0.811. The van der Waals surface area contributed by atoms with Crippen LogP contribution < -0.4 is 9.64 Å². The van der Waals surface area contributed by atoms with Gasteiger partial charge >= 0.3 is 5.97 Å². The van der Waals surface area contributed by atoms with E-state index in [1.807, 2.05) is 13.8 Å². The van der Waals surface area contributed by atoms with Gasteiger partial charge in [-0.15, -0.1) is 0 Å². The zero-order valence-electron chi connectivity index (χ0n) is 13.1. The lowest BCUT2D eigenvalue weighted by Gasteiger charge is -2.26. The van der Waals surface area contributed by atoms with Crippen LogP contribution in [0.15, 0.2) is 24.3 Å². The van der Waals surface area contributed by atoms with Crippen molar-refractivity contribution in [2.75, 3.05) is 26.2 Å². The minimum atomic E-state index is -0.248. The predicted molar refractivity (Wildman–Crippen MR) is 81.9 cm³/mol. The number of carbonyl (C=O) groups excluding carboxylic acids is 1. The van der Waals surface area contributed by atoms with Crippen LogP contribution in [-0.4, -0.2) is 38.3 Å². The summed E-state index contributed by atoms with van der Waals surface area (Å²) in [5.41, 5.74) is 0.582. The largest absolute Gasteiger partial charge is 0.494 e. The number of quaternary nitrogens is 1. The van der Waals surface area contributed by atoms with E-state index in [2.05, 4.69) is 0 Å². The van der Waals surface area contributed by atoms with E-state index in [1.54, 1.807) is 29.2 Å². The van der Waals surface area contributed by atoms with E-state index in [0.29, 0.717) is 12.2 Å². The monoisotopic (exact) mass is 292 g/mol. The molecule has 0 bridgehead atoms. The maximum atomic E-state index is 12.1. The van der Waals surface area contributed by atoms with Crippen LogP contribution in [0.3, 0.4) is 0 Å². The maximum absolute atomic E-state index is 12.1. The van der Waals surface area contributed by atoms with Gasteiger partial charge in [0.1, 0.15) is 18.4 Å². The molecule has 4 heteroatoms. The average molecular weight is 292 g/mol. The molecule has 1 aromatic rings. The third kappa shape index (κ3) is 5.05. The molecule has 2 rings (SSSR count). The summed E-state index contributed by atoms with van der Waals surface area (Å²) in [6.07, 6.45) is 3.87. The molecular formula is C17H26NO3+. The third-order valence-electron chi connectivity index (χ3n) is 3.85. The highest BCUT2D eigenvalue weighted by Crippen LogP contribution is 2.13. The van der Waals surface area contributed by atoms with Gasteiger partial charge in [-0.3, -0.25) is 0 Å². The topological polar surface area (TPSA) is 40.0 Å². The Morgan fingerprint density at radius 1 is 1.19 bits per heavy atom. The second-order valence-corrected chi connectivity index (χ2v) is 5.69. The second-order valence-electron chi connectivity index (χ2n) is 5.69. The first-order valence-corrected chi connectivity index (χ1v) is 7.96. The summed E-state index contributed by atoms with van der Waals surface area (Å²) in [6, 6.07) is 7.13. The second kappa shape index (κ2) is 8.03. The average Bonchev–Trinajstić information content (AvgIpc) is 2.49.